The van der Waals surface area contributed by atoms with E-state index in [9.17, 15) is 0 Å². The van der Waals surface area contributed by atoms with E-state index in [1.165, 1.54) is 0 Å². The van der Waals surface area contributed by atoms with Gasteiger partial charge in [-0.15, -0.1) is 0 Å². The summed E-state index contributed by atoms with van der Waals surface area (Å²) in [7, 11) is 1.63. The zero-order valence-corrected chi connectivity index (χ0v) is 16.3. The van der Waals surface area contributed by atoms with Gasteiger partial charge in [0.25, 0.3) is 0 Å². The van der Waals surface area contributed by atoms with Crippen molar-refractivity contribution in [3.63, 3.8) is 0 Å². The monoisotopic (exact) mass is 393 g/mol. The molecule has 0 fully saturated rings. The summed E-state index contributed by atoms with van der Waals surface area (Å²) >= 11 is 0. The van der Waals surface area contributed by atoms with Gasteiger partial charge >= 0.3 is 0 Å². The first-order valence-electron chi connectivity index (χ1n) is 9.36. The molecule has 0 saturated carbocycles. The summed E-state index contributed by atoms with van der Waals surface area (Å²) in [6.45, 7) is 0. The number of ether oxygens (including phenoxy) is 1. The number of anilines is 4. The molecule has 2 N–H and O–H groups in total. The molecule has 0 atom stereocenters. The molecule has 0 aliphatic rings. The molecule has 0 bridgehead atoms. The minimum Gasteiger partial charge on any atom is -0.497 e. The first kappa shape index (κ1) is 19.0. The molecule has 30 heavy (non-hydrogen) atoms. The van der Waals surface area contributed by atoms with Crippen LogP contribution in [0.4, 0.5) is 23.1 Å². The molecule has 4 rings (SSSR count). The summed E-state index contributed by atoms with van der Waals surface area (Å²) < 4.78 is 5.21. The quantitative estimate of drug-likeness (QED) is 0.449. The molecule has 0 spiro atoms. The van der Waals surface area contributed by atoms with Gasteiger partial charge in [-0.25, -0.2) is 4.98 Å². The van der Waals surface area contributed by atoms with Crippen LogP contribution in [0, 0.1) is 11.3 Å². The van der Waals surface area contributed by atoms with Gasteiger partial charge in [0.05, 0.1) is 24.4 Å². The van der Waals surface area contributed by atoms with Gasteiger partial charge in [0.2, 0.25) is 5.95 Å². The molecule has 0 amide bonds. The highest BCUT2D eigenvalue weighted by molar-refractivity contribution is 5.69. The molecular weight excluding hydrogens is 374 g/mol. The fourth-order valence-electron chi connectivity index (χ4n) is 2.90. The van der Waals surface area contributed by atoms with E-state index >= 15 is 0 Å². The van der Waals surface area contributed by atoms with E-state index in [1.54, 1.807) is 19.2 Å². The third-order valence-electron chi connectivity index (χ3n) is 4.43. The summed E-state index contributed by atoms with van der Waals surface area (Å²) in [6, 6.07) is 28.7. The number of nitriles is 1. The highest BCUT2D eigenvalue weighted by Gasteiger charge is 2.08. The maximum absolute atomic E-state index is 8.98. The van der Waals surface area contributed by atoms with Gasteiger partial charge in [0.15, 0.2) is 0 Å². The van der Waals surface area contributed by atoms with Gasteiger partial charge in [-0.2, -0.15) is 10.2 Å². The Morgan fingerprint density at radius 3 is 2.13 bits per heavy atom. The third-order valence-corrected chi connectivity index (χ3v) is 4.43. The molecule has 4 aromatic rings. The Hall–Kier alpha value is -4.37. The minimum absolute atomic E-state index is 0.470. The van der Waals surface area contributed by atoms with Crippen molar-refractivity contribution in [2.24, 2.45) is 0 Å². The summed E-state index contributed by atoms with van der Waals surface area (Å²) in [5.41, 5.74) is 4.07. The highest BCUT2D eigenvalue weighted by atomic mass is 16.5. The number of benzene rings is 3. The number of nitrogens with one attached hydrogen (secondary N) is 2. The van der Waals surface area contributed by atoms with Crippen LogP contribution in [0.3, 0.4) is 0 Å². The third kappa shape index (κ3) is 4.54. The Kier molecular flexibility index (Phi) is 5.54. The lowest BCUT2D eigenvalue weighted by molar-refractivity contribution is 0.415. The van der Waals surface area contributed by atoms with E-state index in [0.29, 0.717) is 17.3 Å². The highest BCUT2D eigenvalue weighted by Crippen LogP contribution is 2.25. The zero-order valence-electron chi connectivity index (χ0n) is 16.3. The van der Waals surface area contributed by atoms with E-state index in [0.717, 1.165) is 28.4 Å². The molecule has 0 unspecified atom stereocenters. The molecule has 0 saturated heterocycles. The Morgan fingerprint density at radius 1 is 0.800 bits per heavy atom. The predicted molar refractivity (Wildman–Crippen MR) is 118 cm³/mol. The first-order chi connectivity index (χ1) is 14.7. The van der Waals surface area contributed by atoms with Crippen molar-refractivity contribution < 1.29 is 4.74 Å². The number of nitrogens with zero attached hydrogens (tertiary/aromatic N) is 3. The Labute approximate surface area is 174 Å². The second-order valence-electron chi connectivity index (χ2n) is 6.50. The van der Waals surface area contributed by atoms with Crippen molar-refractivity contribution in [3.8, 4) is 23.1 Å². The topological polar surface area (TPSA) is 82.9 Å². The molecule has 0 aliphatic carbocycles. The average Bonchev–Trinajstić information content (AvgIpc) is 2.80. The summed E-state index contributed by atoms with van der Waals surface area (Å²) in [5, 5.41) is 15.5. The van der Waals surface area contributed by atoms with Crippen LogP contribution in [-0.2, 0) is 0 Å². The minimum atomic E-state index is 0.470. The lowest BCUT2D eigenvalue weighted by atomic mass is 10.1. The Morgan fingerprint density at radius 2 is 1.47 bits per heavy atom. The number of aromatic nitrogens is 2. The van der Waals surface area contributed by atoms with Gasteiger partial charge in [-0.1, -0.05) is 30.3 Å². The molecule has 0 radical (unpaired) electrons. The average molecular weight is 393 g/mol. The van der Waals surface area contributed by atoms with E-state index in [4.69, 9.17) is 10.00 Å². The molecule has 146 valence electrons. The van der Waals surface area contributed by atoms with Crippen molar-refractivity contribution in [1.29, 1.82) is 5.26 Å². The van der Waals surface area contributed by atoms with Crippen molar-refractivity contribution in [2.75, 3.05) is 17.7 Å². The standard InChI is InChI=1S/C24H19N5O/c1-30-21-13-11-20(12-14-21)27-24-28-22(18-5-3-2-4-6-18)15-23(29-24)26-19-9-7-17(16-25)8-10-19/h2-15H,1H3,(H2,26,27,28,29). The number of hydrogen-bond donors (Lipinski definition) is 2. The van der Waals surface area contributed by atoms with Gasteiger partial charge in [0, 0.05) is 23.0 Å². The lowest BCUT2D eigenvalue weighted by Gasteiger charge is -2.12. The molecule has 0 aliphatic heterocycles. The van der Waals surface area contributed by atoms with Gasteiger partial charge < -0.3 is 15.4 Å². The van der Waals surface area contributed by atoms with Gasteiger partial charge in [-0.05, 0) is 48.5 Å². The first-order valence-corrected chi connectivity index (χ1v) is 9.36. The second kappa shape index (κ2) is 8.76. The smallest absolute Gasteiger partial charge is 0.229 e. The summed E-state index contributed by atoms with van der Waals surface area (Å²) in [6.07, 6.45) is 0. The molecule has 1 heterocycles. The van der Waals surface area contributed by atoms with Crippen molar-refractivity contribution in [3.05, 3.63) is 90.5 Å². The van der Waals surface area contributed by atoms with Crippen LogP contribution in [0.1, 0.15) is 5.56 Å². The van der Waals surface area contributed by atoms with Crippen LogP contribution in [0.2, 0.25) is 0 Å². The maximum Gasteiger partial charge on any atom is 0.229 e. The van der Waals surface area contributed by atoms with E-state index < -0.39 is 0 Å². The number of hydrogen-bond acceptors (Lipinski definition) is 6. The fraction of sp³-hybridized carbons (Fsp3) is 0.0417. The summed E-state index contributed by atoms with van der Waals surface area (Å²) in [4.78, 5) is 9.28. The second-order valence-corrected chi connectivity index (χ2v) is 6.50. The van der Waals surface area contributed by atoms with Crippen LogP contribution in [-0.4, -0.2) is 17.1 Å². The van der Waals surface area contributed by atoms with Gasteiger partial charge in [-0.3, -0.25) is 0 Å². The van der Waals surface area contributed by atoms with Crippen LogP contribution < -0.4 is 15.4 Å². The Balaban J connectivity index is 1.67. The van der Waals surface area contributed by atoms with Gasteiger partial charge in [0.1, 0.15) is 11.6 Å². The van der Waals surface area contributed by atoms with E-state index in [-0.39, 0.29) is 0 Å². The normalized spacial score (nSPS) is 10.1. The van der Waals surface area contributed by atoms with E-state index in [2.05, 4.69) is 26.7 Å². The Bertz CT molecular complexity index is 1170. The largest absolute Gasteiger partial charge is 0.497 e. The fourth-order valence-corrected chi connectivity index (χ4v) is 2.90. The maximum atomic E-state index is 8.98. The molecule has 6 nitrogen and oxygen atoms in total. The van der Waals surface area contributed by atoms with Crippen molar-refractivity contribution in [1.82, 2.24) is 9.97 Å². The molecule has 6 heteroatoms. The van der Waals surface area contributed by atoms with Crippen molar-refractivity contribution in [2.45, 2.75) is 0 Å². The van der Waals surface area contributed by atoms with Crippen molar-refractivity contribution >= 4 is 23.1 Å². The molecular formula is C24H19N5O. The van der Waals surface area contributed by atoms with Crippen LogP contribution >= 0.6 is 0 Å². The predicted octanol–water partition coefficient (Wildman–Crippen LogP) is 5.51. The SMILES string of the molecule is COc1ccc(Nc2nc(Nc3ccc(C#N)cc3)cc(-c3ccccc3)n2)cc1. The van der Waals surface area contributed by atoms with Crippen LogP contribution in [0.25, 0.3) is 11.3 Å². The molecule has 3 aromatic carbocycles. The van der Waals surface area contributed by atoms with E-state index in [1.807, 2.05) is 72.8 Å². The number of methoxy groups -OCH3 is 1. The van der Waals surface area contributed by atoms with Crippen LogP contribution in [0.15, 0.2) is 84.9 Å². The molecule has 1 aromatic heterocycles. The lowest BCUT2D eigenvalue weighted by Crippen LogP contribution is -2.02. The number of rotatable bonds is 6. The summed E-state index contributed by atoms with van der Waals surface area (Å²) in [5.74, 6) is 1.89. The van der Waals surface area contributed by atoms with Crippen LogP contribution in [0.5, 0.6) is 5.75 Å². The zero-order chi connectivity index (χ0) is 20.8.